The molecule has 1 heterocycles. The Morgan fingerprint density at radius 2 is 1.89 bits per heavy atom. The average molecular weight is 366 g/mol. The third-order valence-corrected chi connectivity index (χ3v) is 3.97. The maximum atomic E-state index is 12.9. The summed E-state index contributed by atoms with van der Waals surface area (Å²) in [6, 6.07) is 14.4. The van der Waals surface area contributed by atoms with Gasteiger partial charge in [-0.1, -0.05) is 17.3 Å². The highest BCUT2D eigenvalue weighted by atomic mass is 19.1. The molecule has 27 heavy (non-hydrogen) atoms. The first-order valence-corrected chi connectivity index (χ1v) is 8.33. The molecule has 0 radical (unpaired) electrons. The summed E-state index contributed by atoms with van der Waals surface area (Å²) in [7, 11) is 0. The van der Waals surface area contributed by atoms with Gasteiger partial charge in [0.25, 0.3) is 0 Å². The number of aromatic nitrogens is 2. The van der Waals surface area contributed by atoms with Crippen molar-refractivity contribution in [1.82, 2.24) is 9.78 Å². The fourth-order valence-corrected chi connectivity index (χ4v) is 2.62. The van der Waals surface area contributed by atoms with E-state index < -0.39 is 5.97 Å². The molecule has 0 saturated heterocycles. The van der Waals surface area contributed by atoms with Crippen LogP contribution in [0.1, 0.15) is 32.9 Å². The fourth-order valence-electron chi connectivity index (χ4n) is 2.62. The van der Waals surface area contributed by atoms with Crippen molar-refractivity contribution in [2.24, 2.45) is 10.9 Å². The molecule has 0 fully saturated rings. The quantitative estimate of drug-likeness (QED) is 0.325. The Balaban J connectivity index is 1.70. The van der Waals surface area contributed by atoms with Gasteiger partial charge in [-0.2, -0.15) is 5.10 Å². The lowest BCUT2D eigenvalue weighted by atomic mass is 10.1. The van der Waals surface area contributed by atoms with Crippen LogP contribution in [-0.2, 0) is 11.4 Å². The molecule has 0 unspecified atom stereocenters. The van der Waals surface area contributed by atoms with Crippen LogP contribution < -0.4 is 5.73 Å². The molecule has 6 nitrogen and oxygen atoms in total. The molecule has 3 rings (SSSR count). The van der Waals surface area contributed by atoms with Crippen LogP contribution in [0.5, 0.6) is 0 Å². The summed E-state index contributed by atoms with van der Waals surface area (Å²) in [6.07, 6.45) is 0. The van der Waals surface area contributed by atoms with E-state index in [0.29, 0.717) is 17.7 Å². The summed E-state index contributed by atoms with van der Waals surface area (Å²) in [5, 5.41) is 8.05. The van der Waals surface area contributed by atoms with Gasteiger partial charge in [-0.25, -0.2) is 9.18 Å². The Labute approximate surface area is 156 Å². The zero-order valence-corrected chi connectivity index (χ0v) is 15.0. The van der Waals surface area contributed by atoms with Crippen LogP contribution in [-0.4, -0.2) is 21.6 Å². The van der Waals surface area contributed by atoms with Gasteiger partial charge in [0, 0.05) is 11.3 Å². The van der Waals surface area contributed by atoms with E-state index in [2.05, 4.69) is 10.3 Å². The van der Waals surface area contributed by atoms with E-state index in [-0.39, 0.29) is 11.7 Å². The molecule has 3 aromatic rings. The molecule has 1 aromatic heterocycles. The van der Waals surface area contributed by atoms with Crippen molar-refractivity contribution in [2.75, 3.05) is 0 Å². The van der Waals surface area contributed by atoms with E-state index in [4.69, 9.17) is 10.6 Å². The topological polar surface area (TPSA) is 82.5 Å². The number of carbonyl (C=O) groups excluding carboxylic acids is 1. The van der Waals surface area contributed by atoms with Crippen molar-refractivity contribution in [3.63, 3.8) is 0 Å². The van der Waals surface area contributed by atoms with Gasteiger partial charge in [-0.05, 0) is 61.9 Å². The number of oxime groups is 1. The van der Waals surface area contributed by atoms with Gasteiger partial charge < -0.3 is 10.6 Å². The monoisotopic (exact) mass is 366 g/mol. The first-order chi connectivity index (χ1) is 12.9. The van der Waals surface area contributed by atoms with Crippen molar-refractivity contribution < 1.29 is 14.0 Å². The zero-order chi connectivity index (χ0) is 19.4. The number of carbonyl (C=O) groups is 1. The number of halogens is 1. The molecular weight excluding hydrogens is 347 g/mol. The van der Waals surface area contributed by atoms with Crippen LogP contribution in [0.15, 0.2) is 59.8 Å². The van der Waals surface area contributed by atoms with Gasteiger partial charge in [0.2, 0.25) is 0 Å². The lowest BCUT2D eigenvalue weighted by Crippen LogP contribution is -2.15. The lowest BCUT2D eigenvalue weighted by Gasteiger charge is -2.06. The normalized spacial score (nSPS) is 11.4. The number of nitrogens with zero attached hydrogens (tertiary/aromatic N) is 3. The minimum absolute atomic E-state index is 0.0119. The number of benzene rings is 2. The number of hydrogen-bond donors (Lipinski definition) is 1. The number of rotatable bonds is 5. The van der Waals surface area contributed by atoms with Crippen molar-refractivity contribution in [3.05, 3.63) is 88.5 Å². The SMILES string of the molecule is Cc1cc(C)n(Cc2cccc(C(=O)O/N=C(\N)c3ccc(F)cc3)c2)n1. The standard InChI is InChI=1S/C20H19FN4O2/c1-13-10-14(2)25(23-13)12-15-4-3-5-17(11-15)20(26)27-24-19(22)16-6-8-18(21)9-7-16/h3-11H,12H2,1-2H3,(H2,22,24). The third kappa shape index (κ3) is 4.58. The second-order valence-electron chi connectivity index (χ2n) is 6.15. The average Bonchev–Trinajstić information content (AvgIpc) is 2.97. The van der Waals surface area contributed by atoms with Gasteiger partial charge >= 0.3 is 5.97 Å². The smallest absolute Gasteiger partial charge is 0.365 e. The molecule has 0 aliphatic rings. The van der Waals surface area contributed by atoms with Gasteiger partial charge in [0.15, 0.2) is 5.84 Å². The Morgan fingerprint density at radius 3 is 2.56 bits per heavy atom. The molecular formula is C20H19FN4O2. The van der Waals surface area contributed by atoms with Crippen molar-refractivity contribution in [1.29, 1.82) is 0 Å². The highest BCUT2D eigenvalue weighted by Crippen LogP contribution is 2.11. The predicted octanol–water partition coefficient (Wildman–Crippen LogP) is 3.16. The second-order valence-corrected chi connectivity index (χ2v) is 6.15. The number of hydrogen-bond acceptors (Lipinski definition) is 4. The first kappa shape index (κ1) is 18.3. The maximum Gasteiger partial charge on any atom is 0.365 e. The van der Waals surface area contributed by atoms with Crippen molar-refractivity contribution >= 4 is 11.8 Å². The highest BCUT2D eigenvalue weighted by molar-refractivity contribution is 5.98. The summed E-state index contributed by atoms with van der Waals surface area (Å²) in [4.78, 5) is 17.2. The van der Waals surface area contributed by atoms with Gasteiger partial charge in [0.05, 0.1) is 17.8 Å². The van der Waals surface area contributed by atoms with Crippen LogP contribution in [0.2, 0.25) is 0 Å². The minimum Gasteiger partial charge on any atom is -0.380 e. The molecule has 0 amide bonds. The number of amidine groups is 1. The van der Waals surface area contributed by atoms with Gasteiger partial charge in [-0.15, -0.1) is 0 Å². The van der Waals surface area contributed by atoms with E-state index in [1.807, 2.05) is 30.7 Å². The molecule has 2 N–H and O–H groups in total. The lowest BCUT2D eigenvalue weighted by molar-refractivity contribution is 0.0516. The molecule has 0 bridgehead atoms. The third-order valence-electron chi connectivity index (χ3n) is 3.97. The van der Waals surface area contributed by atoms with Gasteiger partial charge in [0.1, 0.15) is 5.82 Å². The Bertz CT molecular complexity index is 993. The minimum atomic E-state index is -0.629. The fraction of sp³-hybridized carbons (Fsp3) is 0.150. The largest absolute Gasteiger partial charge is 0.380 e. The molecule has 2 aromatic carbocycles. The maximum absolute atomic E-state index is 12.9. The predicted molar refractivity (Wildman–Crippen MR) is 99.8 cm³/mol. The summed E-state index contributed by atoms with van der Waals surface area (Å²) in [6.45, 7) is 4.45. The molecule has 0 atom stereocenters. The zero-order valence-electron chi connectivity index (χ0n) is 15.0. The second kappa shape index (κ2) is 7.82. The van der Waals surface area contributed by atoms with Crippen LogP contribution in [0.25, 0.3) is 0 Å². The summed E-state index contributed by atoms with van der Waals surface area (Å²) in [5.74, 6) is -1.03. The Kier molecular flexibility index (Phi) is 5.30. The van der Waals surface area contributed by atoms with Crippen LogP contribution in [0.4, 0.5) is 4.39 Å². The molecule has 0 spiro atoms. The molecule has 7 heteroatoms. The van der Waals surface area contributed by atoms with E-state index in [0.717, 1.165) is 17.0 Å². The molecule has 0 saturated carbocycles. The van der Waals surface area contributed by atoms with Crippen molar-refractivity contribution in [3.8, 4) is 0 Å². The number of aryl methyl sites for hydroxylation is 2. The first-order valence-electron chi connectivity index (χ1n) is 8.33. The molecule has 0 aliphatic heterocycles. The Hall–Kier alpha value is -3.48. The van der Waals surface area contributed by atoms with Crippen LogP contribution >= 0.6 is 0 Å². The highest BCUT2D eigenvalue weighted by Gasteiger charge is 2.10. The Morgan fingerprint density at radius 1 is 1.15 bits per heavy atom. The summed E-state index contributed by atoms with van der Waals surface area (Å²) >= 11 is 0. The van der Waals surface area contributed by atoms with Crippen molar-refractivity contribution in [2.45, 2.75) is 20.4 Å². The van der Waals surface area contributed by atoms with E-state index >= 15 is 0 Å². The van der Waals surface area contributed by atoms with Crippen LogP contribution in [0.3, 0.4) is 0 Å². The van der Waals surface area contributed by atoms with E-state index in [1.54, 1.807) is 18.2 Å². The van der Waals surface area contributed by atoms with Crippen LogP contribution in [0, 0.1) is 19.7 Å². The molecule has 138 valence electrons. The molecule has 0 aliphatic carbocycles. The van der Waals surface area contributed by atoms with E-state index in [9.17, 15) is 9.18 Å². The summed E-state index contributed by atoms with van der Waals surface area (Å²) < 4.78 is 14.8. The summed E-state index contributed by atoms with van der Waals surface area (Å²) in [5.41, 5.74) is 9.46. The van der Waals surface area contributed by atoms with Gasteiger partial charge in [-0.3, -0.25) is 4.68 Å². The van der Waals surface area contributed by atoms with E-state index in [1.165, 1.54) is 24.3 Å². The number of nitrogens with two attached hydrogens (primary N) is 1.